The maximum absolute atomic E-state index is 11.8. The Bertz CT molecular complexity index is 169. The van der Waals surface area contributed by atoms with Gasteiger partial charge in [0.25, 0.3) is 0 Å². The van der Waals surface area contributed by atoms with E-state index in [0.717, 1.165) is 38.9 Å². The fraction of sp³-hybridized carbons (Fsp3) is 0.917. The van der Waals surface area contributed by atoms with E-state index in [1.54, 1.807) is 0 Å². The van der Waals surface area contributed by atoms with Crippen LogP contribution in [-0.2, 0) is 4.79 Å². The summed E-state index contributed by atoms with van der Waals surface area (Å²) in [6.07, 6.45) is 5.60. The second kappa shape index (κ2) is 6.18. The summed E-state index contributed by atoms with van der Waals surface area (Å²) in [7, 11) is 0. The Hall–Kier alpha value is -0.370. The lowest BCUT2D eigenvalue weighted by molar-refractivity contribution is -0.123. The molecule has 2 nitrogen and oxygen atoms in total. The maximum Gasteiger partial charge on any atom is 0.137 e. The van der Waals surface area contributed by atoms with E-state index in [-0.39, 0.29) is 0 Å². The molecule has 0 aliphatic heterocycles. The number of ketones is 1. The lowest BCUT2D eigenvalue weighted by Gasteiger charge is -2.18. The summed E-state index contributed by atoms with van der Waals surface area (Å²) < 4.78 is 0. The Morgan fingerprint density at radius 3 is 2.29 bits per heavy atom. The summed E-state index contributed by atoms with van der Waals surface area (Å²) in [6.45, 7) is 7.40. The minimum atomic E-state index is 0.408. The van der Waals surface area contributed by atoms with Gasteiger partial charge in [-0.25, -0.2) is 0 Å². The molecule has 0 aromatic rings. The summed E-state index contributed by atoms with van der Waals surface area (Å²) in [5.74, 6) is 0.917. The van der Waals surface area contributed by atoms with Gasteiger partial charge in [0.2, 0.25) is 0 Å². The van der Waals surface area contributed by atoms with Gasteiger partial charge in [-0.15, -0.1) is 0 Å². The van der Waals surface area contributed by atoms with Crippen molar-refractivity contribution in [3.05, 3.63) is 0 Å². The van der Waals surface area contributed by atoms with Crippen LogP contribution in [0, 0.1) is 5.92 Å². The van der Waals surface area contributed by atoms with Crippen LogP contribution in [0.4, 0.5) is 0 Å². The number of carbonyl (C=O) groups excluding carboxylic acids is 1. The molecule has 0 radical (unpaired) electrons. The van der Waals surface area contributed by atoms with Crippen LogP contribution in [0.2, 0.25) is 0 Å². The fourth-order valence-electron chi connectivity index (χ4n) is 2.26. The van der Waals surface area contributed by atoms with E-state index in [4.69, 9.17) is 0 Å². The van der Waals surface area contributed by atoms with Crippen molar-refractivity contribution in [2.24, 2.45) is 5.92 Å². The second-order valence-corrected chi connectivity index (χ2v) is 4.22. The Kier molecular flexibility index (Phi) is 5.16. The largest absolute Gasteiger partial charge is 0.303 e. The van der Waals surface area contributed by atoms with Gasteiger partial charge in [-0.05, 0) is 25.9 Å². The molecular formula is C12H23NO. The molecule has 2 heteroatoms. The van der Waals surface area contributed by atoms with E-state index in [2.05, 4.69) is 18.7 Å². The molecule has 0 aromatic carbocycles. The zero-order valence-corrected chi connectivity index (χ0v) is 9.59. The van der Waals surface area contributed by atoms with Crippen molar-refractivity contribution in [1.82, 2.24) is 4.90 Å². The van der Waals surface area contributed by atoms with Gasteiger partial charge in [0.1, 0.15) is 5.78 Å². The number of rotatable bonds is 6. The first-order valence-electron chi connectivity index (χ1n) is 6.03. The van der Waals surface area contributed by atoms with Crippen LogP contribution in [0.15, 0.2) is 0 Å². The molecule has 0 atom stereocenters. The van der Waals surface area contributed by atoms with Crippen molar-refractivity contribution in [2.75, 3.05) is 19.6 Å². The average Bonchev–Trinajstić information content (AvgIpc) is 2.72. The van der Waals surface area contributed by atoms with Crippen molar-refractivity contribution in [3.8, 4) is 0 Å². The molecule has 1 rings (SSSR count). The monoisotopic (exact) mass is 197 g/mol. The van der Waals surface area contributed by atoms with Gasteiger partial charge in [0, 0.05) is 18.9 Å². The summed E-state index contributed by atoms with van der Waals surface area (Å²) in [5.41, 5.74) is 0. The van der Waals surface area contributed by atoms with Gasteiger partial charge in [0.05, 0.1) is 0 Å². The lowest BCUT2D eigenvalue weighted by atomic mass is 10.00. The highest BCUT2D eigenvalue weighted by molar-refractivity contribution is 5.81. The van der Waals surface area contributed by atoms with E-state index in [0.29, 0.717) is 11.7 Å². The molecule has 1 aliphatic rings. The number of Topliss-reactive ketones (excluding diaryl/α,β-unsaturated/α-hetero) is 1. The molecule has 0 unspecified atom stereocenters. The molecule has 14 heavy (non-hydrogen) atoms. The van der Waals surface area contributed by atoms with Crippen molar-refractivity contribution >= 4 is 5.78 Å². The summed E-state index contributed by atoms with van der Waals surface area (Å²) in [6, 6.07) is 0. The summed E-state index contributed by atoms with van der Waals surface area (Å²) in [5, 5.41) is 0. The molecule has 1 fully saturated rings. The van der Waals surface area contributed by atoms with Gasteiger partial charge in [-0.3, -0.25) is 4.79 Å². The molecule has 0 aromatic heterocycles. The Balaban J connectivity index is 2.19. The van der Waals surface area contributed by atoms with Crippen molar-refractivity contribution < 1.29 is 4.79 Å². The van der Waals surface area contributed by atoms with Gasteiger partial charge < -0.3 is 4.90 Å². The molecule has 0 bridgehead atoms. The van der Waals surface area contributed by atoms with Crippen molar-refractivity contribution in [3.63, 3.8) is 0 Å². The molecule has 0 heterocycles. The zero-order chi connectivity index (χ0) is 10.4. The second-order valence-electron chi connectivity index (χ2n) is 4.22. The molecule has 0 saturated heterocycles. The van der Waals surface area contributed by atoms with Crippen molar-refractivity contribution in [2.45, 2.75) is 46.0 Å². The topological polar surface area (TPSA) is 20.3 Å². The number of hydrogen-bond acceptors (Lipinski definition) is 2. The van der Waals surface area contributed by atoms with Gasteiger partial charge >= 0.3 is 0 Å². The number of nitrogens with zero attached hydrogens (tertiary/aromatic N) is 1. The Morgan fingerprint density at radius 1 is 1.21 bits per heavy atom. The van der Waals surface area contributed by atoms with E-state index in [9.17, 15) is 4.79 Å². The smallest absolute Gasteiger partial charge is 0.137 e. The molecule has 0 N–H and O–H groups in total. The highest BCUT2D eigenvalue weighted by Gasteiger charge is 2.22. The highest BCUT2D eigenvalue weighted by Crippen LogP contribution is 2.26. The summed E-state index contributed by atoms with van der Waals surface area (Å²) in [4.78, 5) is 14.1. The third kappa shape index (κ3) is 3.41. The molecule has 1 aliphatic carbocycles. The maximum atomic E-state index is 11.8. The van der Waals surface area contributed by atoms with Crippen LogP contribution in [0.25, 0.3) is 0 Å². The van der Waals surface area contributed by atoms with Crippen LogP contribution >= 0.6 is 0 Å². The third-order valence-electron chi connectivity index (χ3n) is 3.38. The molecule has 1 saturated carbocycles. The van der Waals surface area contributed by atoms with Gasteiger partial charge in [-0.2, -0.15) is 0 Å². The quantitative estimate of drug-likeness (QED) is 0.652. The van der Waals surface area contributed by atoms with Crippen molar-refractivity contribution in [1.29, 1.82) is 0 Å². The first-order valence-corrected chi connectivity index (χ1v) is 6.03. The van der Waals surface area contributed by atoms with E-state index in [1.165, 1.54) is 12.8 Å². The predicted molar refractivity (Wildman–Crippen MR) is 59.4 cm³/mol. The Morgan fingerprint density at radius 2 is 1.79 bits per heavy atom. The highest BCUT2D eigenvalue weighted by atomic mass is 16.1. The third-order valence-corrected chi connectivity index (χ3v) is 3.38. The Labute approximate surface area is 87.7 Å². The standard InChI is InChI=1S/C12H23NO/c1-3-13(4-2)10-9-12(14)11-7-5-6-8-11/h11H,3-10H2,1-2H3. The van der Waals surface area contributed by atoms with E-state index in [1.807, 2.05) is 0 Å². The van der Waals surface area contributed by atoms with E-state index < -0.39 is 0 Å². The molecule has 0 amide bonds. The van der Waals surface area contributed by atoms with E-state index >= 15 is 0 Å². The number of hydrogen-bond donors (Lipinski definition) is 0. The van der Waals surface area contributed by atoms with Crippen LogP contribution in [-0.4, -0.2) is 30.3 Å². The molecule has 82 valence electrons. The SMILES string of the molecule is CCN(CC)CCC(=O)C1CCCC1. The lowest BCUT2D eigenvalue weighted by Crippen LogP contribution is -2.27. The normalized spacial score (nSPS) is 17.9. The zero-order valence-electron chi connectivity index (χ0n) is 9.59. The summed E-state index contributed by atoms with van der Waals surface area (Å²) >= 11 is 0. The fourth-order valence-corrected chi connectivity index (χ4v) is 2.26. The van der Waals surface area contributed by atoms with Gasteiger partial charge in [-0.1, -0.05) is 26.7 Å². The predicted octanol–water partition coefficient (Wildman–Crippen LogP) is 2.48. The average molecular weight is 197 g/mol. The molecule has 0 spiro atoms. The minimum Gasteiger partial charge on any atom is -0.303 e. The van der Waals surface area contributed by atoms with Crippen LogP contribution in [0.1, 0.15) is 46.0 Å². The van der Waals surface area contributed by atoms with Crippen LogP contribution in [0.3, 0.4) is 0 Å². The number of carbonyl (C=O) groups is 1. The van der Waals surface area contributed by atoms with Gasteiger partial charge in [0.15, 0.2) is 0 Å². The van der Waals surface area contributed by atoms with Crippen LogP contribution in [0.5, 0.6) is 0 Å². The molecular weight excluding hydrogens is 174 g/mol. The minimum absolute atomic E-state index is 0.408. The first-order chi connectivity index (χ1) is 6.77. The van der Waals surface area contributed by atoms with Crippen LogP contribution < -0.4 is 0 Å². The first kappa shape index (κ1) is 11.7.